The number of nitrogens with one attached hydrogen (secondary N) is 1. The molecule has 5 heteroatoms. The van der Waals surface area contributed by atoms with Crippen LogP contribution in [-0.4, -0.2) is 16.3 Å². The van der Waals surface area contributed by atoms with Crippen molar-refractivity contribution >= 4 is 15.9 Å². The molecule has 4 nitrogen and oxygen atoms in total. The molecule has 3 rings (SSSR count). The lowest BCUT2D eigenvalue weighted by Gasteiger charge is -2.20. The number of nitrogens with zero attached hydrogens (tertiary/aromatic N) is 2. The fourth-order valence-corrected chi connectivity index (χ4v) is 3.30. The van der Waals surface area contributed by atoms with Gasteiger partial charge in [-0.15, -0.1) is 0 Å². The molecule has 0 aliphatic heterocycles. The molecule has 0 unspecified atom stereocenters. The number of rotatable bonds is 7. The van der Waals surface area contributed by atoms with E-state index in [1.54, 1.807) is 6.26 Å². The normalized spacial score (nSPS) is 13.8. The molecule has 132 valence electrons. The summed E-state index contributed by atoms with van der Waals surface area (Å²) in [4.78, 5) is 0. The first-order valence-corrected chi connectivity index (χ1v) is 9.35. The van der Waals surface area contributed by atoms with E-state index in [0.29, 0.717) is 5.92 Å². The molecule has 2 atom stereocenters. The van der Waals surface area contributed by atoms with Crippen LogP contribution in [0.2, 0.25) is 0 Å². The standard InChI is InChI=1S/C20H24BrN3O/c1-14(13-24-16(3)11-15(2)23-24)12-22-20(19-5-4-10-25-19)17-6-8-18(21)9-7-17/h4-11,14,20,22H,12-13H2,1-3H3/t14-,20+/m1/s1. The number of benzene rings is 1. The van der Waals surface area contributed by atoms with Crippen LogP contribution in [-0.2, 0) is 6.54 Å². The Balaban J connectivity index is 1.68. The Bertz CT molecular complexity index is 793. The van der Waals surface area contributed by atoms with E-state index < -0.39 is 0 Å². The Labute approximate surface area is 157 Å². The van der Waals surface area contributed by atoms with Gasteiger partial charge in [0.15, 0.2) is 0 Å². The molecule has 3 aromatic rings. The fourth-order valence-electron chi connectivity index (χ4n) is 3.03. The third kappa shape index (κ3) is 4.61. The first-order valence-electron chi connectivity index (χ1n) is 8.56. The highest BCUT2D eigenvalue weighted by molar-refractivity contribution is 9.10. The zero-order valence-electron chi connectivity index (χ0n) is 14.9. The third-order valence-electron chi connectivity index (χ3n) is 4.29. The summed E-state index contributed by atoms with van der Waals surface area (Å²) in [6.45, 7) is 8.16. The quantitative estimate of drug-likeness (QED) is 0.613. The minimum Gasteiger partial charge on any atom is -0.467 e. The summed E-state index contributed by atoms with van der Waals surface area (Å²) in [7, 11) is 0. The molecule has 25 heavy (non-hydrogen) atoms. The van der Waals surface area contributed by atoms with Crippen molar-refractivity contribution in [3.05, 3.63) is 75.9 Å². The number of halogens is 1. The number of hydrogen-bond acceptors (Lipinski definition) is 3. The van der Waals surface area contributed by atoms with E-state index in [0.717, 1.165) is 29.0 Å². The van der Waals surface area contributed by atoms with Crippen LogP contribution in [0.3, 0.4) is 0 Å². The van der Waals surface area contributed by atoms with E-state index in [-0.39, 0.29) is 6.04 Å². The molecule has 0 bridgehead atoms. The highest BCUT2D eigenvalue weighted by atomic mass is 79.9. The maximum atomic E-state index is 5.66. The van der Waals surface area contributed by atoms with E-state index in [9.17, 15) is 0 Å². The maximum absolute atomic E-state index is 5.66. The van der Waals surface area contributed by atoms with Crippen LogP contribution in [0.1, 0.15) is 35.7 Å². The average molecular weight is 402 g/mol. The molecule has 1 N–H and O–H groups in total. The van der Waals surface area contributed by atoms with Gasteiger partial charge in [-0.2, -0.15) is 5.10 Å². The second-order valence-electron chi connectivity index (χ2n) is 6.62. The van der Waals surface area contributed by atoms with Gasteiger partial charge in [0.1, 0.15) is 5.76 Å². The van der Waals surface area contributed by atoms with Crippen LogP contribution in [0.15, 0.2) is 57.6 Å². The molecule has 0 fully saturated rings. The van der Waals surface area contributed by atoms with Crippen molar-refractivity contribution in [3.63, 3.8) is 0 Å². The zero-order chi connectivity index (χ0) is 17.8. The lowest BCUT2D eigenvalue weighted by atomic mass is 10.0. The number of furan rings is 1. The lowest BCUT2D eigenvalue weighted by molar-refractivity contribution is 0.380. The van der Waals surface area contributed by atoms with Crippen molar-refractivity contribution in [2.45, 2.75) is 33.4 Å². The first-order chi connectivity index (χ1) is 12.0. The number of aromatic nitrogens is 2. The fraction of sp³-hybridized carbons (Fsp3) is 0.350. The average Bonchev–Trinajstić information content (AvgIpc) is 3.20. The first kappa shape index (κ1) is 18.0. The van der Waals surface area contributed by atoms with Crippen molar-refractivity contribution in [1.82, 2.24) is 15.1 Å². The molecule has 2 aromatic heterocycles. The summed E-state index contributed by atoms with van der Waals surface area (Å²) in [5.41, 5.74) is 3.47. The molecule has 0 saturated heterocycles. The van der Waals surface area contributed by atoms with Crippen molar-refractivity contribution in [2.75, 3.05) is 6.54 Å². The molecule has 0 amide bonds. The summed E-state index contributed by atoms with van der Waals surface area (Å²) in [6, 6.07) is 14.5. The van der Waals surface area contributed by atoms with Gasteiger partial charge in [0.2, 0.25) is 0 Å². The smallest absolute Gasteiger partial charge is 0.125 e. The van der Waals surface area contributed by atoms with Gasteiger partial charge in [-0.1, -0.05) is 35.0 Å². The summed E-state index contributed by atoms with van der Waals surface area (Å²) < 4.78 is 8.82. The van der Waals surface area contributed by atoms with Crippen molar-refractivity contribution in [2.24, 2.45) is 5.92 Å². The molecule has 0 saturated carbocycles. The molecule has 0 aliphatic rings. The molecule has 0 radical (unpaired) electrons. The Kier molecular flexibility index (Phi) is 5.76. The summed E-state index contributed by atoms with van der Waals surface area (Å²) in [5.74, 6) is 1.38. The molecule has 2 heterocycles. The lowest BCUT2D eigenvalue weighted by Crippen LogP contribution is -2.29. The Morgan fingerprint density at radius 2 is 1.96 bits per heavy atom. The summed E-state index contributed by atoms with van der Waals surface area (Å²) >= 11 is 3.50. The highest BCUT2D eigenvalue weighted by Gasteiger charge is 2.18. The minimum absolute atomic E-state index is 0.0472. The van der Waals surface area contributed by atoms with E-state index in [4.69, 9.17) is 4.42 Å². The monoisotopic (exact) mass is 401 g/mol. The molecular formula is C20H24BrN3O. The van der Waals surface area contributed by atoms with E-state index >= 15 is 0 Å². The largest absolute Gasteiger partial charge is 0.467 e. The molecule has 1 aromatic carbocycles. The van der Waals surface area contributed by atoms with Crippen molar-refractivity contribution < 1.29 is 4.42 Å². The minimum atomic E-state index is 0.0472. The Morgan fingerprint density at radius 3 is 2.56 bits per heavy atom. The molecular weight excluding hydrogens is 378 g/mol. The number of hydrogen-bond donors (Lipinski definition) is 1. The van der Waals surface area contributed by atoms with E-state index in [1.807, 2.05) is 19.1 Å². The summed E-state index contributed by atoms with van der Waals surface area (Å²) in [5, 5.41) is 8.21. The van der Waals surface area contributed by atoms with Gasteiger partial charge >= 0.3 is 0 Å². The Hall–Kier alpha value is -1.85. The third-order valence-corrected chi connectivity index (χ3v) is 4.82. The van der Waals surface area contributed by atoms with Crippen LogP contribution >= 0.6 is 15.9 Å². The van der Waals surface area contributed by atoms with Crippen LogP contribution in [0.5, 0.6) is 0 Å². The van der Waals surface area contributed by atoms with Gasteiger partial charge in [-0.25, -0.2) is 0 Å². The predicted octanol–water partition coefficient (Wildman–Crippen LogP) is 4.87. The maximum Gasteiger partial charge on any atom is 0.125 e. The summed E-state index contributed by atoms with van der Waals surface area (Å²) in [6.07, 6.45) is 1.72. The van der Waals surface area contributed by atoms with Gasteiger partial charge in [-0.3, -0.25) is 4.68 Å². The van der Waals surface area contributed by atoms with Crippen molar-refractivity contribution in [1.29, 1.82) is 0 Å². The van der Waals surface area contributed by atoms with Gasteiger partial charge in [0, 0.05) is 23.3 Å². The predicted molar refractivity (Wildman–Crippen MR) is 104 cm³/mol. The van der Waals surface area contributed by atoms with Crippen LogP contribution in [0, 0.1) is 19.8 Å². The highest BCUT2D eigenvalue weighted by Crippen LogP contribution is 2.24. The van der Waals surface area contributed by atoms with Crippen LogP contribution in [0.25, 0.3) is 0 Å². The second kappa shape index (κ2) is 8.02. The second-order valence-corrected chi connectivity index (χ2v) is 7.54. The van der Waals surface area contributed by atoms with Gasteiger partial charge in [0.05, 0.1) is 18.0 Å². The van der Waals surface area contributed by atoms with Gasteiger partial charge in [-0.05, 0) is 55.7 Å². The molecule has 0 aliphatic carbocycles. The number of aryl methyl sites for hydroxylation is 2. The van der Waals surface area contributed by atoms with Gasteiger partial charge in [0.25, 0.3) is 0 Å². The SMILES string of the molecule is Cc1cc(C)n(C[C@H](C)CN[C@@H](c2ccc(Br)cc2)c2ccco2)n1. The zero-order valence-corrected chi connectivity index (χ0v) is 16.5. The van der Waals surface area contributed by atoms with Crippen LogP contribution < -0.4 is 5.32 Å². The molecule has 0 spiro atoms. The van der Waals surface area contributed by atoms with E-state index in [1.165, 1.54) is 11.3 Å². The Morgan fingerprint density at radius 1 is 1.20 bits per heavy atom. The topological polar surface area (TPSA) is 43.0 Å². The van der Waals surface area contributed by atoms with E-state index in [2.05, 4.69) is 75.2 Å². The van der Waals surface area contributed by atoms with Crippen LogP contribution in [0.4, 0.5) is 0 Å². The van der Waals surface area contributed by atoms with Crippen molar-refractivity contribution in [3.8, 4) is 0 Å². The van der Waals surface area contributed by atoms with Gasteiger partial charge < -0.3 is 9.73 Å².